The Bertz CT molecular complexity index is 459. The van der Waals surface area contributed by atoms with Crippen LogP contribution < -0.4 is 0 Å². The van der Waals surface area contributed by atoms with Crippen LogP contribution in [0.25, 0.3) is 0 Å². The molecule has 1 aliphatic rings. The van der Waals surface area contributed by atoms with Gasteiger partial charge in [-0.3, -0.25) is 0 Å². The van der Waals surface area contributed by atoms with Crippen molar-refractivity contribution in [2.75, 3.05) is 0 Å². The zero-order chi connectivity index (χ0) is 15.9. The summed E-state index contributed by atoms with van der Waals surface area (Å²) in [4.78, 5) is 0. The lowest BCUT2D eigenvalue weighted by Crippen LogP contribution is -2.31. The van der Waals surface area contributed by atoms with Crippen LogP contribution in [-0.4, -0.2) is 8.32 Å². The molecule has 1 nitrogen and oxygen atoms in total. The maximum Gasteiger partial charge on any atom is 0.242 e. The van der Waals surface area contributed by atoms with Crippen molar-refractivity contribution in [3.63, 3.8) is 0 Å². The molecule has 1 aliphatic carbocycles. The van der Waals surface area contributed by atoms with Crippen molar-refractivity contribution in [1.82, 2.24) is 0 Å². The lowest BCUT2D eigenvalue weighted by molar-refractivity contribution is 0.352. The second-order valence-corrected chi connectivity index (χ2v) is 13.3. The van der Waals surface area contributed by atoms with Gasteiger partial charge in [-0.15, -0.1) is 0 Å². The van der Waals surface area contributed by atoms with Crippen LogP contribution in [0.2, 0.25) is 19.6 Å². The summed E-state index contributed by atoms with van der Waals surface area (Å²) in [6, 6.07) is 0. The zero-order valence-electron chi connectivity index (χ0n) is 14.9. The van der Waals surface area contributed by atoms with Crippen LogP contribution in [0.3, 0.4) is 0 Å². The molecule has 0 amide bonds. The third kappa shape index (κ3) is 4.37. The summed E-state index contributed by atoms with van der Waals surface area (Å²) in [6.45, 7) is 24.6. The summed E-state index contributed by atoms with van der Waals surface area (Å²) < 4.78 is 6.51. The molecule has 20 heavy (non-hydrogen) atoms. The summed E-state index contributed by atoms with van der Waals surface area (Å²) >= 11 is 0. The second kappa shape index (κ2) is 5.21. The topological polar surface area (TPSA) is 9.23 Å². The highest BCUT2D eigenvalue weighted by molar-refractivity contribution is 6.70. The first-order valence-corrected chi connectivity index (χ1v) is 11.0. The van der Waals surface area contributed by atoms with E-state index < -0.39 is 8.32 Å². The highest BCUT2D eigenvalue weighted by Crippen LogP contribution is 2.45. The molecule has 0 heterocycles. The summed E-state index contributed by atoms with van der Waals surface area (Å²) in [5.74, 6) is 1.15. The van der Waals surface area contributed by atoms with E-state index in [1.165, 1.54) is 16.7 Å². The van der Waals surface area contributed by atoms with E-state index >= 15 is 0 Å². The van der Waals surface area contributed by atoms with Crippen LogP contribution in [0.5, 0.6) is 0 Å². The highest BCUT2D eigenvalue weighted by Gasteiger charge is 2.34. The molecule has 0 saturated carbocycles. The van der Waals surface area contributed by atoms with Crippen molar-refractivity contribution in [2.45, 2.75) is 67.6 Å². The average Bonchev–Trinajstić information content (AvgIpc) is 2.14. The van der Waals surface area contributed by atoms with Gasteiger partial charge in [0.05, 0.1) is 0 Å². The average molecular weight is 293 g/mol. The molecule has 0 spiro atoms. The number of rotatable bonds is 2. The summed E-state index contributed by atoms with van der Waals surface area (Å²) in [5, 5.41) is 0. The molecular formula is C18H32OSi. The van der Waals surface area contributed by atoms with Crippen LogP contribution in [-0.2, 0) is 4.43 Å². The zero-order valence-corrected chi connectivity index (χ0v) is 15.9. The smallest absolute Gasteiger partial charge is 0.242 e. The molecule has 114 valence electrons. The van der Waals surface area contributed by atoms with Gasteiger partial charge in [0.1, 0.15) is 5.76 Å². The second-order valence-electron chi connectivity index (χ2n) is 8.92. The summed E-state index contributed by atoms with van der Waals surface area (Å²) in [7, 11) is -1.64. The summed E-state index contributed by atoms with van der Waals surface area (Å²) in [5.41, 5.74) is 4.10. The van der Waals surface area contributed by atoms with Gasteiger partial charge < -0.3 is 4.43 Å². The Morgan fingerprint density at radius 3 is 1.85 bits per heavy atom. The Labute approximate surface area is 126 Å². The molecule has 0 radical (unpaired) electrons. The quantitative estimate of drug-likeness (QED) is 0.561. The Hall–Kier alpha value is -0.763. The van der Waals surface area contributed by atoms with E-state index in [0.29, 0.717) is 0 Å². The van der Waals surface area contributed by atoms with Gasteiger partial charge in [0.15, 0.2) is 0 Å². The molecule has 0 saturated heterocycles. The fourth-order valence-electron chi connectivity index (χ4n) is 2.38. The van der Waals surface area contributed by atoms with E-state index in [9.17, 15) is 0 Å². The standard InChI is InChI=1S/C18H32OSi/c1-13-11-14(17(2,3)4)16(19-20(8,9)10)15(12-13)18(5,6)7/h11H,1,12H2,2-10H3. The van der Waals surface area contributed by atoms with Crippen molar-refractivity contribution >= 4 is 8.32 Å². The maximum absolute atomic E-state index is 6.51. The van der Waals surface area contributed by atoms with Crippen molar-refractivity contribution in [1.29, 1.82) is 0 Å². The van der Waals surface area contributed by atoms with E-state index in [2.05, 4.69) is 73.8 Å². The molecule has 0 fully saturated rings. The minimum absolute atomic E-state index is 0.0782. The first-order valence-electron chi connectivity index (χ1n) is 7.55. The fourth-order valence-corrected chi connectivity index (χ4v) is 3.22. The largest absolute Gasteiger partial charge is 0.544 e. The molecule has 2 heteroatoms. The monoisotopic (exact) mass is 292 g/mol. The van der Waals surface area contributed by atoms with Crippen LogP contribution in [0.15, 0.2) is 35.1 Å². The molecule has 0 aliphatic heterocycles. The molecule has 0 N–H and O–H groups in total. The van der Waals surface area contributed by atoms with Gasteiger partial charge in [-0.05, 0) is 48.0 Å². The fraction of sp³-hybridized carbons (Fsp3) is 0.667. The minimum atomic E-state index is -1.64. The SMILES string of the molecule is C=C1C=C(C(C)(C)C)C(O[Si](C)(C)C)=C(C(C)(C)C)C1. The lowest BCUT2D eigenvalue weighted by Gasteiger charge is -2.38. The van der Waals surface area contributed by atoms with Crippen molar-refractivity contribution in [3.8, 4) is 0 Å². The van der Waals surface area contributed by atoms with E-state index in [4.69, 9.17) is 4.43 Å². The molecule has 0 aromatic heterocycles. The molecule has 0 unspecified atom stereocenters. The predicted molar refractivity (Wildman–Crippen MR) is 92.2 cm³/mol. The molecule has 0 aromatic rings. The minimum Gasteiger partial charge on any atom is -0.544 e. The van der Waals surface area contributed by atoms with E-state index in [1.807, 2.05) is 0 Å². The third-order valence-corrected chi connectivity index (χ3v) is 4.21. The van der Waals surface area contributed by atoms with E-state index in [0.717, 1.165) is 12.2 Å². The van der Waals surface area contributed by atoms with Crippen LogP contribution in [0.1, 0.15) is 48.0 Å². The summed E-state index contributed by atoms with van der Waals surface area (Å²) in [6.07, 6.45) is 3.17. The van der Waals surface area contributed by atoms with Gasteiger partial charge in [-0.25, -0.2) is 0 Å². The number of hydrogen-bond donors (Lipinski definition) is 0. The Morgan fingerprint density at radius 1 is 1.00 bits per heavy atom. The van der Waals surface area contributed by atoms with Crippen LogP contribution in [0.4, 0.5) is 0 Å². The Balaban J connectivity index is 3.48. The predicted octanol–water partition coefficient (Wildman–Crippen LogP) is 6.07. The van der Waals surface area contributed by atoms with Gasteiger partial charge in [-0.2, -0.15) is 0 Å². The van der Waals surface area contributed by atoms with Crippen LogP contribution in [0, 0.1) is 10.8 Å². The van der Waals surface area contributed by atoms with E-state index in [-0.39, 0.29) is 10.8 Å². The normalized spacial score (nSPS) is 18.2. The molecule has 0 atom stereocenters. The van der Waals surface area contributed by atoms with Crippen molar-refractivity contribution < 1.29 is 4.43 Å². The van der Waals surface area contributed by atoms with Gasteiger partial charge in [0, 0.05) is 0 Å². The number of hydrogen-bond acceptors (Lipinski definition) is 1. The van der Waals surface area contributed by atoms with E-state index in [1.54, 1.807) is 0 Å². The highest BCUT2D eigenvalue weighted by atomic mass is 28.4. The lowest BCUT2D eigenvalue weighted by atomic mass is 9.73. The molecule has 0 aromatic carbocycles. The van der Waals surface area contributed by atoms with Gasteiger partial charge in [-0.1, -0.05) is 59.8 Å². The molecular weight excluding hydrogens is 260 g/mol. The van der Waals surface area contributed by atoms with Crippen LogP contribution >= 0.6 is 0 Å². The number of allylic oxidation sites excluding steroid dienone is 4. The third-order valence-electron chi connectivity index (χ3n) is 3.39. The Kier molecular flexibility index (Phi) is 4.51. The van der Waals surface area contributed by atoms with Crippen molar-refractivity contribution in [3.05, 3.63) is 35.1 Å². The van der Waals surface area contributed by atoms with Gasteiger partial charge in [0.2, 0.25) is 8.32 Å². The first-order chi connectivity index (χ1) is 8.72. The van der Waals surface area contributed by atoms with Gasteiger partial charge in [0.25, 0.3) is 0 Å². The first kappa shape index (κ1) is 17.3. The molecule has 1 rings (SSSR count). The van der Waals surface area contributed by atoms with Gasteiger partial charge >= 0.3 is 0 Å². The van der Waals surface area contributed by atoms with Crippen molar-refractivity contribution in [2.24, 2.45) is 10.8 Å². The Morgan fingerprint density at radius 2 is 1.50 bits per heavy atom. The maximum atomic E-state index is 6.51. The molecule has 0 bridgehead atoms.